The van der Waals surface area contributed by atoms with E-state index >= 15 is 0 Å². The molecule has 4 N–H and O–H groups in total. The number of hydrogen-bond acceptors (Lipinski definition) is 9. The third kappa shape index (κ3) is 5.44. The summed E-state index contributed by atoms with van der Waals surface area (Å²) in [6, 6.07) is 10.9. The van der Waals surface area contributed by atoms with E-state index in [-0.39, 0.29) is 0 Å². The van der Waals surface area contributed by atoms with Crippen molar-refractivity contribution in [3.8, 4) is 22.8 Å². The third-order valence-electron chi connectivity index (χ3n) is 4.96. The van der Waals surface area contributed by atoms with E-state index in [0.29, 0.717) is 38.6 Å². The molecule has 1 aromatic carbocycles. The van der Waals surface area contributed by atoms with Crippen LogP contribution in [0.4, 0.5) is 16.8 Å². The quantitative estimate of drug-likeness (QED) is 0.277. The number of hydrogen-bond donors (Lipinski definition) is 3. The molecule has 0 saturated carbocycles. The van der Waals surface area contributed by atoms with E-state index in [1.54, 1.807) is 44.9 Å². The van der Waals surface area contributed by atoms with Crippen LogP contribution in [0.15, 0.2) is 55.1 Å². The molecule has 1 amide bonds. The largest absolute Gasteiger partial charge is 0.497 e. The molecular weight excluding hydrogens is 454 g/mol. The Morgan fingerprint density at radius 1 is 1.15 bits per heavy atom. The number of thiazole rings is 1. The fraction of sp³-hybridized carbons (Fsp3) is 0.217. The number of amides is 1. The van der Waals surface area contributed by atoms with Gasteiger partial charge in [-0.3, -0.25) is 4.79 Å². The van der Waals surface area contributed by atoms with Gasteiger partial charge in [-0.1, -0.05) is 17.4 Å². The Hall–Kier alpha value is -4.12. The van der Waals surface area contributed by atoms with Crippen LogP contribution in [0.1, 0.15) is 16.1 Å². The fourth-order valence-corrected chi connectivity index (χ4v) is 4.17. The van der Waals surface area contributed by atoms with Crippen molar-refractivity contribution < 1.29 is 14.3 Å². The molecule has 0 fully saturated rings. The zero-order chi connectivity index (χ0) is 23.9. The first-order valence-corrected chi connectivity index (χ1v) is 11.4. The highest BCUT2D eigenvalue weighted by molar-refractivity contribution is 7.18. The van der Waals surface area contributed by atoms with E-state index in [1.807, 2.05) is 29.0 Å². The molecule has 0 spiro atoms. The van der Waals surface area contributed by atoms with Crippen LogP contribution in [0.3, 0.4) is 0 Å². The second-order valence-corrected chi connectivity index (χ2v) is 8.24. The Bertz CT molecular complexity index is 1260. The lowest BCUT2D eigenvalue weighted by Gasteiger charge is -2.09. The molecule has 0 atom stereocenters. The van der Waals surface area contributed by atoms with Gasteiger partial charge in [-0.2, -0.15) is 0 Å². The molecule has 11 heteroatoms. The van der Waals surface area contributed by atoms with Crippen molar-refractivity contribution in [2.45, 2.75) is 13.0 Å². The van der Waals surface area contributed by atoms with Gasteiger partial charge in [0.2, 0.25) is 0 Å². The number of nitrogens with one attached hydrogen (secondary N) is 2. The predicted molar refractivity (Wildman–Crippen MR) is 132 cm³/mol. The SMILES string of the molecule is COc1ccc(-c2nc(Nc3cccc(NCCCn4ccnc4)n3)sc2C(N)=O)c(OC)c1. The fourth-order valence-electron chi connectivity index (χ4n) is 3.33. The highest BCUT2D eigenvalue weighted by atomic mass is 32.1. The van der Waals surface area contributed by atoms with Gasteiger partial charge in [0.25, 0.3) is 5.91 Å². The number of anilines is 3. The zero-order valence-electron chi connectivity index (χ0n) is 18.8. The molecule has 4 rings (SSSR count). The van der Waals surface area contributed by atoms with Crippen LogP contribution in [-0.2, 0) is 6.54 Å². The van der Waals surface area contributed by atoms with Gasteiger partial charge in [0.05, 0.1) is 20.5 Å². The number of ether oxygens (including phenoxy) is 2. The number of aryl methyl sites for hydroxylation is 1. The molecule has 3 aromatic heterocycles. The lowest BCUT2D eigenvalue weighted by atomic mass is 10.1. The number of rotatable bonds is 11. The van der Waals surface area contributed by atoms with Crippen LogP contribution in [0.5, 0.6) is 11.5 Å². The van der Waals surface area contributed by atoms with E-state index in [0.717, 1.165) is 36.7 Å². The Morgan fingerprint density at radius 3 is 2.74 bits per heavy atom. The number of nitrogens with zero attached hydrogens (tertiary/aromatic N) is 4. The van der Waals surface area contributed by atoms with Crippen molar-refractivity contribution in [1.82, 2.24) is 19.5 Å². The number of primary amides is 1. The molecule has 3 heterocycles. The van der Waals surface area contributed by atoms with Gasteiger partial charge in [0.1, 0.15) is 33.7 Å². The molecule has 10 nitrogen and oxygen atoms in total. The van der Waals surface area contributed by atoms with Gasteiger partial charge in [-0.05, 0) is 30.7 Å². The zero-order valence-corrected chi connectivity index (χ0v) is 19.6. The minimum absolute atomic E-state index is 0.319. The number of aromatic nitrogens is 4. The summed E-state index contributed by atoms with van der Waals surface area (Å²) in [5, 5.41) is 6.98. The predicted octanol–water partition coefficient (Wildman–Crippen LogP) is 3.76. The molecule has 4 aromatic rings. The summed E-state index contributed by atoms with van der Waals surface area (Å²) < 4.78 is 12.8. The van der Waals surface area contributed by atoms with Gasteiger partial charge in [0, 0.05) is 37.1 Å². The topological polar surface area (TPSA) is 129 Å². The first-order valence-electron chi connectivity index (χ1n) is 10.5. The second kappa shape index (κ2) is 10.7. The van der Waals surface area contributed by atoms with Crippen molar-refractivity contribution in [3.05, 3.63) is 60.0 Å². The number of imidazole rings is 1. The van der Waals surface area contributed by atoms with Gasteiger partial charge in [-0.25, -0.2) is 15.0 Å². The van der Waals surface area contributed by atoms with Crippen molar-refractivity contribution >= 4 is 34.0 Å². The summed E-state index contributed by atoms with van der Waals surface area (Å²) in [7, 11) is 3.12. The van der Waals surface area contributed by atoms with Crippen LogP contribution in [0.25, 0.3) is 11.3 Å². The summed E-state index contributed by atoms with van der Waals surface area (Å²) in [4.78, 5) is 25.7. The maximum atomic E-state index is 12.1. The lowest BCUT2D eigenvalue weighted by Crippen LogP contribution is -2.10. The Balaban J connectivity index is 1.49. The number of carbonyl (C=O) groups is 1. The highest BCUT2D eigenvalue weighted by Gasteiger charge is 2.21. The van der Waals surface area contributed by atoms with E-state index in [4.69, 9.17) is 15.2 Å². The molecule has 0 radical (unpaired) electrons. The molecule has 0 bridgehead atoms. The summed E-state index contributed by atoms with van der Waals surface area (Å²) in [5.74, 6) is 1.92. The average Bonchev–Trinajstić information content (AvgIpc) is 3.52. The van der Waals surface area contributed by atoms with Gasteiger partial charge in [0.15, 0.2) is 5.13 Å². The van der Waals surface area contributed by atoms with Crippen LogP contribution >= 0.6 is 11.3 Å². The van der Waals surface area contributed by atoms with Crippen LogP contribution in [0.2, 0.25) is 0 Å². The summed E-state index contributed by atoms with van der Waals surface area (Å²) in [6.45, 7) is 1.64. The molecule has 0 aliphatic heterocycles. The third-order valence-corrected chi connectivity index (χ3v) is 5.94. The van der Waals surface area contributed by atoms with Crippen molar-refractivity contribution in [1.29, 1.82) is 0 Å². The number of pyridine rings is 1. The van der Waals surface area contributed by atoms with Crippen molar-refractivity contribution in [2.24, 2.45) is 5.73 Å². The van der Waals surface area contributed by atoms with Gasteiger partial charge >= 0.3 is 0 Å². The lowest BCUT2D eigenvalue weighted by molar-refractivity contribution is 0.100. The standard InChI is InChI=1S/C23H25N7O3S/c1-32-15-7-8-16(17(13-15)33-2)20-21(22(24)31)34-23(29-20)28-19-6-3-5-18(27-19)26-9-4-11-30-12-10-25-14-30/h3,5-8,10,12-14H,4,9,11H2,1-2H3,(H2,24,31)(H2,26,27,28,29). The first kappa shape index (κ1) is 23.1. The number of nitrogens with two attached hydrogens (primary N) is 1. The Kier molecular flexibility index (Phi) is 7.23. The molecule has 0 aliphatic rings. The van der Waals surface area contributed by atoms with Crippen LogP contribution in [0, 0.1) is 0 Å². The maximum Gasteiger partial charge on any atom is 0.261 e. The monoisotopic (exact) mass is 479 g/mol. The maximum absolute atomic E-state index is 12.1. The van der Waals surface area contributed by atoms with Crippen molar-refractivity contribution in [3.63, 3.8) is 0 Å². The molecule has 0 unspecified atom stereocenters. The van der Waals surface area contributed by atoms with E-state index in [9.17, 15) is 4.79 Å². The number of carbonyl (C=O) groups excluding carboxylic acids is 1. The number of methoxy groups -OCH3 is 2. The van der Waals surface area contributed by atoms with E-state index < -0.39 is 5.91 Å². The van der Waals surface area contributed by atoms with E-state index in [2.05, 4.69) is 25.6 Å². The second-order valence-electron chi connectivity index (χ2n) is 7.24. The van der Waals surface area contributed by atoms with Crippen molar-refractivity contribution in [2.75, 3.05) is 31.4 Å². The summed E-state index contributed by atoms with van der Waals surface area (Å²) in [5.41, 5.74) is 6.72. The van der Waals surface area contributed by atoms with E-state index in [1.165, 1.54) is 0 Å². The minimum Gasteiger partial charge on any atom is -0.497 e. The summed E-state index contributed by atoms with van der Waals surface area (Å²) >= 11 is 1.16. The average molecular weight is 480 g/mol. The molecule has 0 aliphatic carbocycles. The normalized spacial score (nSPS) is 10.6. The molecular formula is C23H25N7O3S. The smallest absolute Gasteiger partial charge is 0.261 e. The first-order chi connectivity index (χ1) is 16.6. The Labute approximate surface area is 200 Å². The Morgan fingerprint density at radius 2 is 2.00 bits per heavy atom. The molecule has 176 valence electrons. The highest BCUT2D eigenvalue weighted by Crippen LogP contribution is 2.38. The van der Waals surface area contributed by atoms with Gasteiger partial charge < -0.3 is 30.4 Å². The number of benzene rings is 1. The molecule has 34 heavy (non-hydrogen) atoms. The van der Waals surface area contributed by atoms with Gasteiger partial charge in [-0.15, -0.1) is 0 Å². The van der Waals surface area contributed by atoms with Crippen LogP contribution in [-0.4, -0.2) is 46.2 Å². The minimum atomic E-state index is -0.570. The summed E-state index contributed by atoms with van der Waals surface area (Å²) in [6.07, 6.45) is 6.43. The van der Waals surface area contributed by atoms with Crippen LogP contribution < -0.4 is 25.8 Å². The molecule has 0 saturated heterocycles.